The van der Waals surface area contributed by atoms with Crippen LogP contribution in [0.4, 0.5) is 0 Å². The summed E-state index contributed by atoms with van der Waals surface area (Å²) >= 11 is 0. The Kier molecular flexibility index (Phi) is 205. The van der Waals surface area contributed by atoms with Crippen LogP contribution in [-0.2, 0) is 0 Å². The van der Waals surface area contributed by atoms with Crippen molar-refractivity contribution < 1.29 is 29.9 Å². The molecule has 4 heteroatoms. The third kappa shape index (κ3) is 9.10. The third-order valence-electron chi connectivity index (χ3n) is 0. The van der Waals surface area contributed by atoms with Crippen LogP contribution in [0.5, 0.6) is 0 Å². The molecule has 0 rings (SSSR count). The van der Waals surface area contributed by atoms with Gasteiger partial charge in [0.2, 0.25) is 0 Å². The summed E-state index contributed by atoms with van der Waals surface area (Å²) in [6, 6.07) is 0. The van der Waals surface area contributed by atoms with E-state index in [2.05, 4.69) is 0 Å². The molecule has 0 aliphatic carbocycles. The zero-order chi connectivity index (χ0) is 0. The molecular formula is H3Cl3Np. The molecule has 1 radical (unpaired) electrons. The van der Waals surface area contributed by atoms with Gasteiger partial charge in [0.1, 0.15) is 0 Å². The molecule has 0 spiro atoms. The van der Waals surface area contributed by atoms with Gasteiger partial charge in [-0.25, -0.2) is 0 Å². The van der Waals surface area contributed by atoms with E-state index in [0.717, 1.165) is 0 Å². The average molecular weight is 346 g/mol. The zero-order valence-corrected chi connectivity index (χ0v) is 7.85. The van der Waals surface area contributed by atoms with Crippen LogP contribution in [0.3, 0.4) is 0 Å². The quantitative estimate of drug-likeness (QED) is 0.620. The normalized spacial score (nSPS) is 0. The van der Waals surface area contributed by atoms with Crippen LogP contribution in [0.15, 0.2) is 0 Å². The number of halogens is 3. The minimum atomic E-state index is 0. The van der Waals surface area contributed by atoms with Gasteiger partial charge in [0.05, 0.1) is 0 Å². The smallest absolute Gasteiger partial charge is 0 e. The first kappa shape index (κ1) is 39.6. The van der Waals surface area contributed by atoms with E-state index in [1.54, 1.807) is 0 Å². The van der Waals surface area contributed by atoms with Gasteiger partial charge in [-0.2, -0.15) is 0 Å². The molecule has 0 nitrogen and oxygen atoms in total. The zero-order valence-electron chi connectivity index (χ0n) is 1.67. The second kappa shape index (κ2) is 20.8. The van der Waals surface area contributed by atoms with E-state index >= 15 is 0 Å². The fraction of sp³-hybridized carbons (Fsp3) is 0. The second-order valence-corrected chi connectivity index (χ2v) is 0. The summed E-state index contributed by atoms with van der Waals surface area (Å²) in [7, 11) is 0. The van der Waals surface area contributed by atoms with E-state index in [1.807, 2.05) is 0 Å². The topological polar surface area (TPSA) is 0 Å². The van der Waals surface area contributed by atoms with Crippen molar-refractivity contribution in [2.75, 3.05) is 0 Å². The molecule has 0 bridgehead atoms. The van der Waals surface area contributed by atoms with Crippen LogP contribution in [0.2, 0.25) is 0 Å². The SMILES string of the molecule is Cl.Cl.Cl.[Np]. The van der Waals surface area contributed by atoms with Crippen molar-refractivity contribution in [3.05, 3.63) is 0 Å². The fourth-order valence-electron chi connectivity index (χ4n) is 0. The first-order valence-corrected chi connectivity index (χ1v) is 0. The minimum absolute atomic E-state index is 0. The van der Waals surface area contributed by atoms with Crippen LogP contribution in [0.1, 0.15) is 0 Å². The molecule has 0 aliphatic rings. The molecule has 0 atom stereocenters. The maximum absolute atomic E-state index is 0. The predicted octanol–water partition coefficient (Wildman–Crippen LogP) is 1.27. The molecule has 4 heavy (non-hydrogen) atoms. The van der Waals surface area contributed by atoms with Gasteiger partial charge in [-0.15, -0.1) is 37.2 Å². The molecule has 0 aromatic carbocycles. The van der Waals surface area contributed by atoms with Crippen LogP contribution in [-0.4, -0.2) is 0 Å². The molecule has 0 saturated carbocycles. The first-order chi connectivity index (χ1) is 0. The predicted molar refractivity (Wildman–Crippen MR) is 21.7 cm³/mol. The van der Waals surface area contributed by atoms with Gasteiger partial charge in [-0.05, 0) is 0 Å². The molecule has 0 aromatic heterocycles. The Hall–Kier alpha value is 1.88. The molecule has 0 aliphatic heterocycles. The Balaban J connectivity index is 0. The van der Waals surface area contributed by atoms with Gasteiger partial charge in [-0.1, -0.05) is 0 Å². The van der Waals surface area contributed by atoms with Crippen LogP contribution in [0.25, 0.3) is 0 Å². The van der Waals surface area contributed by atoms with E-state index in [0.29, 0.717) is 0 Å². The summed E-state index contributed by atoms with van der Waals surface area (Å²) in [6.45, 7) is 0. The van der Waals surface area contributed by atoms with Crippen molar-refractivity contribution in [3.8, 4) is 0 Å². The molecule has 0 aromatic rings. The second-order valence-electron chi connectivity index (χ2n) is 0. The maximum Gasteiger partial charge on any atom is 0 e. The van der Waals surface area contributed by atoms with Crippen LogP contribution < -0.4 is 0 Å². The summed E-state index contributed by atoms with van der Waals surface area (Å²) in [5.74, 6) is 0. The summed E-state index contributed by atoms with van der Waals surface area (Å²) in [5.41, 5.74) is 0. The van der Waals surface area contributed by atoms with Gasteiger partial charge in [0, 0.05) is 29.9 Å². The summed E-state index contributed by atoms with van der Waals surface area (Å²) in [4.78, 5) is 0. The van der Waals surface area contributed by atoms with Gasteiger partial charge in [-0.3, -0.25) is 0 Å². The minimum Gasteiger partial charge on any atom is -0.147 e. The van der Waals surface area contributed by atoms with Crippen molar-refractivity contribution in [1.29, 1.82) is 0 Å². The van der Waals surface area contributed by atoms with Crippen molar-refractivity contribution in [2.24, 2.45) is 0 Å². The molecule has 0 fully saturated rings. The van der Waals surface area contributed by atoms with E-state index in [9.17, 15) is 0 Å². The van der Waals surface area contributed by atoms with Gasteiger partial charge in [0.25, 0.3) is 0 Å². The maximum atomic E-state index is 0. The van der Waals surface area contributed by atoms with Crippen LogP contribution in [0, 0.1) is 29.9 Å². The summed E-state index contributed by atoms with van der Waals surface area (Å²) in [6.07, 6.45) is 0. The van der Waals surface area contributed by atoms with Gasteiger partial charge in [0.15, 0.2) is 0 Å². The van der Waals surface area contributed by atoms with Crippen LogP contribution >= 0.6 is 37.2 Å². The Labute approximate surface area is 66.6 Å². The summed E-state index contributed by atoms with van der Waals surface area (Å²) < 4.78 is 0. The van der Waals surface area contributed by atoms with Gasteiger partial charge < -0.3 is 0 Å². The Morgan fingerprint density at radius 1 is 0.500 bits per heavy atom. The fourth-order valence-corrected chi connectivity index (χ4v) is 0. The van der Waals surface area contributed by atoms with Gasteiger partial charge >= 0.3 is 0 Å². The van der Waals surface area contributed by atoms with E-state index in [1.165, 1.54) is 0 Å². The van der Waals surface area contributed by atoms with Crippen molar-refractivity contribution >= 4 is 37.2 Å². The standard InChI is InChI=1S/3ClH.Np/h3*1H;. The Morgan fingerprint density at radius 2 is 0.500 bits per heavy atom. The largest absolute Gasteiger partial charge is 0.147 e. The van der Waals surface area contributed by atoms with E-state index in [4.69, 9.17) is 0 Å². The van der Waals surface area contributed by atoms with Crippen molar-refractivity contribution in [1.82, 2.24) is 0 Å². The average Bonchev–Trinajstić information content (AvgIpc) is 0. The van der Waals surface area contributed by atoms with Crippen molar-refractivity contribution in [2.45, 2.75) is 0 Å². The first-order valence-electron chi connectivity index (χ1n) is 0. The van der Waals surface area contributed by atoms with E-state index in [-0.39, 0.29) is 67.2 Å². The molecule has 0 heterocycles. The molecule has 0 unspecified atom stereocenters. The monoisotopic (exact) mass is 344 g/mol. The van der Waals surface area contributed by atoms with Crippen molar-refractivity contribution in [3.63, 3.8) is 0 Å². The molecular weight excluding hydrogens is 343 g/mol. The molecule has 0 amide bonds. The third-order valence-corrected chi connectivity index (χ3v) is 0. The number of rotatable bonds is 0. The molecule has 29 valence electrons. The summed E-state index contributed by atoms with van der Waals surface area (Å²) in [5, 5.41) is 0. The number of hydrogen-bond donors (Lipinski definition) is 0. The number of hydrogen-bond acceptors (Lipinski definition) is 0. The molecule has 0 saturated heterocycles. The molecule has 0 N–H and O–H groups in total. The van der Waals surface area contributed by atoms with E-state index < -0.39 is 0 Å². The Bertz CT molecular complexity index is 3.25. The Morgan fingerprint density at radius 3 is 0.500 bits per heavy atom.